The van der Waals surface area contributed by atoms with Crippen LogP contribution in [-0.4, -0.2) is 57.9 Å². The quantitative estimate of drug-likeness (QED) is 0.539. The second kappa shape index (κ2) is 9.62. The van der Waals surface area contributed by atoms with Crippen LogP contribution in [0.25, 0.3) is 10.9 Å². The minimum Gasteiger partial charge on any atom is -0.468 e. The summed E-state index contributed by atoms with van der Waals surface area (Å²) in [6, 6.07) is 3.38. The Hall–Kier alpha value is -3.70. The predicted molar refractivity (Wildman–Crippen MR) is 108 cm³/mol. The van der Waals surface area contributed by atoms with E-state index in [9.17, 15) is 22.8 Å². The number of halogens is 3. The zero-order valence-corrected chi connectivity index (χ0v) is 17.4. The van der Waals surface area contributed by atoms with Gasteiger partial charge in [-0.25, -0.2) is 4.98 Å². The maximum atomic E-state index is 12.3. The summed E-state index contributed by atoms with van der Waals surface area (Å²) < 4.78 is 43.4. The Morgan fingerprint density at radius 2 is 2.00 bits per heavy atom. The first-order valence-corrected chi connectivity index (χ1v) is 9.58. The molecule has 0 aliphatic heterocycles. The zero-order valence-electron chi connectivity index (χ0n) is 17.4. The number of amides is 2. The molecule has 3 heterocycles. The zero-order chi connectivity index (χ0) is 23.3. The number of carbonyl (C=O) groups excluding carboxylic acids is 2. The van der Waals surface area contributed by atoms with E-state index in [1.165, 1.54) is 13.2 Å². The number of hydrogen-bond acceptors (Lipinski definition) is 6. The monoisotopic (exact) mass is 450 g/mol. The first kappa shape index (κ1) is 23.0. The first-order chi connectivity index (χ1) is 15.1. The Balaban J connectivity index is 1.71. The molecular formula is C20H21F3N6O3. The summed E-state index contributed by atoms with van der Waals surface area (Å²) in [5.41, 5.74) is 2.32. The van der Waals surface area contributed by atoms with Crippen molar-refractivity contribution in [1.82, 2.24) is 30.4 Å². The Morgan fingerprint density at radius 3 is 2.69 bits per heavy atom. The van der Waals surface area contributed by atoms with E-state index < -0.39 is 12.8 Å². The van der Waals surface area contributed by atoms with Gasteiger partial charge in [0.1, 0.15) is 0 Å². The number of nitrogens with zero attached hydrogens (tertiary/aromatic N) is 4. The van der Waals surface area contributed by atoms with Crippen LogP contribution in [0.1, 0.15) is 16.8 Å². The highest BCUT2D eigenvalue weighted by Crippen LogP contribution is 2.21. The Bertz CT molecular complexity index is 1130. The summed E-state index contributed by atoms with van der Waals surface area (Å²) in [5.74, 6) is -0.738. The third-order valence-electron chi connectivity index (χ3n) is 4.42. The number of nitrogens with one attached hydrogen (secondary N) is 2. The van der Waals surface area contributed by atoms with Crippen LogP contribution in [0.3, 0.4) is 0 Å². The highest BCUT2D eigenvalue weighted by molar-refractivity contribution is 5.89. The van der Waals surface area contributed by atoms with E-state index in [0.29, 0.717) is 34.3 Å². The SMILES string of the molecule is CNC(=O)CNC(=O)Cc1nccc2nn(Cc3cnc(OCC(F)(F)F)c(C)c3)cc12. The van der Waals surface area contributed by atoms with E-state index in [2.05, 4.69) is 25.7 Å². The third-order valence-corrected chi connectivity index (χ3v) is 4.42. The maximum absolute atomic E-state index is 12.3. The van der Waals surface area contributed by atoms with Crippen molar-refractivity contribution in [3.05, 3.63) is 47.5 Å². The molecule has 170 valence electrons. The molecule has 0 spiro atoms. The van der Waals surface area contributed by atoms with E-state index in [4.69, 9.17) is 4.74 Å². The number of pyridine rings is 2. The van der Waals surface area contributed by atoms with Gasteiger partial charge in [-0.1, -0.05) is 0 Å². The van der Waals surface area contributed by atoms with E-state index in [-0.39, 0.29) is 30.7 Å². The van der Waals surface area contributed by atoms with Gasteiger partial charge in [0, 0.05) is 36.6 Å². The van der Waals surface area contributed by atoms with Crippen LogP contribution in [0.15, 0.2) is 30.7 Å². The lowest BCUT2D eigenvalue weighted by molar-refractivity contribution is -0.154. The Kier molecular flexibility index (Phi) is 6.91. The van der Waals surface area contributed by atoms with E-state index in [0.717, 1.165) is 0 Å². The second-order valence-corrected chi connectivity index (χ2v) is 7.01. The van der Waals surface area contributed by atoms with Gasteiger partial charge in [-0.15, -0.1) is 0 Å². The first-order valence-electron chi connectivity index (χ1n) is 9.58. The van der Waals surface area contributed by atoms with Crippen molar-refractivity contribution in [2.45, 2.75) is 26.1 Å². The van der Waals surface area contributed by atoms with Gasteiger partial charge in [-0.2, -0.15) is 18.3 Å². The van der Waals surface area contributed by atoms with E-state index in [1.807, 2.05) is 0 Å². The van der Waals surface area contributed by atoms with Gasteiger partial charge in [-0.05, 0) is 24.6 Å². The molecule has 0 aliphatic rings. The van der Waals surface area contributed by atoms with Crippen LogP contribution in [0, 0.1) is 6.92 Å². The minimum absolute atomic E-state index is 0.0219. The average molecular weight is 450 g/mol. The molecule has 0 aromatic carbocycles. The molecule has 2 amide bonds. The highest BCUT2D eigenvalue weighted by Gasteiger charge is 2.29. The molecule has 0 aliphatic carbocycles. The van der Waals surface area contributed by atoms with E-state index in [1.54, 1.807) is 36.1 Å². The van der Waals surface area contributed by atoms with E-state index >= 15 is 0 Å². The lowest BCUT2D eigenvalue weighted by Crippen LogP contribution is -2.36. The number of fused-ring (bicyclic) bond motifs is 1. The topological polar surface area (TPSA) is 111 Å². The number of alkyl halides is 3. The third kappa shape index (κ3) is 6.15. The fraction of sp³-hybridized carbons (Fsp3) is 0.350. The predicted octanol–water partition coefficient (Wildman–Crippen LogP) is 1.53. The van der Waals surface area contributed by atoms with Crippen LogP contribution >= 0.6 is 0 Å². The van der Waals surface area contributed by atoms with Crippen molar-refractivity contribution in [1.29, 1.82) is 0 Å². The molecule has 0 saturated heterocycles. The number of aryl methyl sites for hydroxylation is 1. The number of ether oxygens (including phenoxy) is 1. The van der Waals surface area contributed by atoms with Gasteiger partial charge in [0.2, 0.25) is 17.7 Å². The molecule has 0 atom stereocenters. The number of rotatable bonds is 8. The fourth-order valence-electron chi connectivity index (χ4n) is 2.95. The number of likely N-dealkylation sites (N-methyl/N-ethyl adjacent to an activating group) is 1. The molecule has 0 fully saturated rings. The molecule has 32 heavy (non-hydrogen) atoms. The van der Waals surface area contributed by atoms with Crippen molar-refractivity contribution in [2.75, 3.05) is 20.2 Å². The molecule has 12 heteroatoms. The average Bonchev–Trinajstić information content (AvgIpc) is 3.14. The Morgan fingerprint density at radius 1 is 1.22 bits per heavy atom. The van der Waals surface area contributed by atoms with Gasteiger partial charge in [0.15, 0.2) is 6.61 Å². The molecule has 2 N–H and O–H groups in total. The number of carbonyl (C=O) groups is 2. The van der Waals surface area contributed by atoms with Crippen LogP contribution in [0.5, 0.6) is 5.88 Å². The number of hydrogen-bond donors (Lipinski definition) is 2. The summed E-state index contributed by atoms with van der Waals surface area (Å²) in [4.78, 5) is 31.6. The molecule has 3 aromatic rings. The molecule has 9 nitrogen and oxygen atoms in total. The Labute approximate surface area is 181 Å². The maximum Gasteiger partial charge on any atom is 0.422 e. The molecule has 0 radical (unpaired) electrons. The molecule has 0 unspecified atom stereocenters. The number of aromatic nitrogens is 4. The molecule has 0 bridgehead atoms. The van der Waals surface area contributed by atoms with Gasteiger partial charge in [-0.3, -0.25) is 19.3 Å². The minimum atomic E-state index is -4.44. The fourth-order valence-corrected chi connectivity index (χ4v) is 2.95. The van der Waals surface area contributed by atoms with Crippen molar-refractivity contribution in [3.8, 4) is 5.88 Å². The normalized spacial score (nSPS) is 11.4. The summed E-state index contributed by atoms with van der Waals surface area (Å²) in [7, 11) is 1.48. The summed E-state index contributed by atoms with van der Waals surface area (Å²) in [5, 5.41) is 10.1. The van der Waals surface area contributed by atoms with Crippen molar-refractivity contribution >= 4 is 22.7 Å². The lowest BCUT2D eigenvalue weighted by atomic mass is 10.2. The van der Waals surface area contributed by atoms with Crippen LogP contribution in [0.4, 0.5) is 13.2 Å². The van der Waals surface area contributed by atoms with Gasteiger partial charge < -0.3 is 15.4 Å². The largest absolute Gasteiger partial charge is 0.468 e. The van der Waals surface area contributed by atoms with Crippen LogP contribution in [0.2, 0.25) is 0 Å². The summed E-state index contributed by atoms with van der Waals surface area (Å²) in [6.45, 7) is 0.391. The summed E-state index contributed by atoms with van der Waals surface area (Å²) >= 11 is 0. The van der Waals surface area contributed by atoms with Crippen molar-refractivity contribution in [2.24, 2.45) is 0 Å². The smallest absolute Gasteiger partial charge is 0.422 e. The van der Waals surface area contributed by atoms with Gasteiger partial charge >= 0.3 is 6.18 Å². The second-order valence-electron chi connectivity index (χ2n) is 7.01. The van der Waals surface area contributed by atoms with Crippen molar-refractivity contribution in [3.63, 3.8) is 0 Å². The van der Waals surface area contributed by atoms with Crippen LogP contribution in [-0.2, 0) is 22.6 Å². The molecule has 3 rings (SSSR count). The highest BCUT2D eigenvalue weighted by atomic mass is 19.4. The van der Waals surface area contributed by atoms with Gasteiger partial charge in [0.05, 0.1) is 30.7 Å². The molecule has 0 saturated carbocycles. The van der Waals surface area contributed by atoms with Crippen molar-refractivity contribution < 1.29 is 27.5 Å². The lowest BCUT2D eigenvalue weighted by Gasteiger charge is -2.11. The summed E-state index contributed by atoms with van der Waals surface area (Å²) in [6.07, 6.45) is 0.238. The van der Waals surface area contributed by atoms with Crippen LogP contribution < -0.4 is 15.4 Å². The molecule has 3 aromatic heterocycles. The van der Waals surface area contributed by atoms with Gasteiger partial charge in [0.25, 0.3) is 0 Å². The standard InChI is InChI=1S/C20H21F3N6O3/c1-12-5-13(7-27-19(12)32-11-20(21,22)23)9-29-10-14-15(28-29)3-4-25-16(14)6-17(30)26-8-18(31)24-2/h3-5,7,10H,6,8-9,11H2,1-2H3,(H,24,31)(H,26,30). The molecular weight excluding hydrogens is 429 g/mol.